The van der Waals surface area contributed by atoms with Crippen LogP contribution >= 0.6 is 0 Å². The molecule has 0 spiro atoms. The molecule has 1 fully saturated rings. The molecular weight excluding hydrogens is 189 g/mol. The maximum atomic E-state index is 13.5. The van der Waals surface area contributed by atoms with Crippen LogP contribution in [0.25, 0.3) is 10.8 Å². The number of halogens is 1. The number of fused-ring (bicyclic) bond motifs is 1. The van der Waals surface area contributed by atoms with Crippen molar-refractivity contribution in [1.82, 2.24) is 5.32 Å². The molecule has 1 saturated heterocycles. The molecule has 3 rings (SSSR count). The Kier molecular flexibility index (Phi) is 1.96. The van der Waals surface area contributed by atoms with Crippen molar-refractivity contribution < 1.29 is 4.39 Å². The highest BCUT2D eigenvalue weighted by molar-refractivity contribution is 5.86. The largest absolute Gasteiger partial charge is 0.315 e. The Hall–Kier alpha value is -1.41. The normalized spacial score (nSPS) is 16.6. The zero-order chi connectivity index (χ0) is 10.3. The van der Waals surface area contributed by atoms with Gasteiger partial charge in [-0.3, -0.25) is 0 Å². The van der Waals surface area contributed by atoms with Crippen LogP contribution in [0.3, 0.4) is 0 Å². The Morgan fingerprint density at radius 3 is 2.40 bits per heavy atom. The molecule has 1 heterocycles. The van der Waals surface area contributed by atoms with Gasteiger partial charge in [-0.05, 0) is 17.0 Å². The van der Waals surface area contributed by atoms with E-state index in [0.29, 0.717) is 5.92 Å². The van der Waals surface area contributed by atoms with E-state index < -0.39 is 0 Å². The van der Waals surface area contributed by atoms with Crippen molar-refractivity contribution in [1.29, 1.82) is 0 Å². The molecule has 1 nitrogen and oxygen atoms in total. The molecule has 2 heteroatoms. The minimum absolute atomic E-state index is 0.123. The zero-order valence-corrected chi connectivity index (χ0v) is 8.33. The van der Waals surface area contributed by atoms with Crippen molar-refractivity contribution in [2.24, 2.45) is 0 Å². The van der Waals surface area contributed by atoms with Crippen molar-refractivity contribution in [3.63, 3.8) is 0 Å². The van der Waals surface area contributed by atoms with E-state index >= 15 is 0 Å². The summed E-state index contributed by atoms with van der Waals surface area (Å²) in [5.41, 5.74) is 1.27. The van der Waals surface area contributed by atoms with Gasteiger partial charge in [0, 0.05) is 24.4 Å². The van der Waals surface area contributed by atoms with Gasteiger partial charge in [0.15, 0.2) is 0 Å². The van der Waals surface area contributed by atoms with Crippen LogP contribution in [0.5, 0.6) is 0 Å². The third-order valence-electron chi connectivity index (χ3n) is 3.13. The van der Waals surface area contributed by atoms with Gasteiger partial charge >= 0.3 is 0 Å². The Morgan fingerprint density at radius 2 is 1.73 bits per heavy atom. The maximum absolute atomic E-state index is 13.5. The third-order valence-corrected chi connectivity index (χ3v) is 3.13. The summed E-state index contributed by atoms with van der Waals surface area (Å²) >= 11 is 0. The van der Waals surface area contributed by atoms with E-state index in [0.717, 1.165) is 23.9 Å². The number of rotatable bonds is 1. The van der Waals surface area contributed by atoms with Gasteiger partial charge in [0.25, 0.3) is 0 Å². The van der Waals surface area contributed by atoms with Gasteiger partial charge in [-0.1, -0.05) is 30.3 Å². The van der Waals surface area contributed by atoms with Crippen molar-refractivity contribution in [2.75, 3.05) is 13.1 Å². The Bertz CT molecular complexity index is 503. The summed E-state index contributed by atoms with van der Waals surface area (Å²) in [5.74, 6) is 0.428. The summed E-state index contributed by atoms with van der Waals surface area (Å²) in [6, 6.07) is 11.2. The van der Waals surface area contributed by atoms with E-state index in [-0.39, 0.29) is 5.82 Å². The van der Waals surface area contributed by atoms with Gasteiger partial charge in [-0.25, -0.2) is 4.39 Å². The second kappa shape index (κ2) is 3.31. The molecule has 76 valence electrons. The lowest BCUT2D eigenvalue weighted by atomic mass is 9.89. The quantitative estimate of drug-likeness (QED) is 0.748. The van der Waals surface area contributed by atoms with Crippen LogP contribution in [-0.2, 0) is 0 Å². The first-order chi connectivity index (χ1) is 7.36. The highest BCUT2D eigenvalue weighted by Gasteiger charge is 2.21. The highest BCUT2D eigenvalue weighted by Crippen LogP contribution is 2.29. The molecule has 0 atom stereocenters. The van der Waals surface area contributed by atoms with Crippen LogP contribution in [-0.4, -0.2) is 13.1 Å². The summed E-state index contributed by atoms with van der Waals surface area (Å²) in [6.07, 6.45) is 0. The summed E-state index contributed by atoms with van der Waals surface area (Å²) in [7, 11) is 0. The lowest BCUT2D eigenvalue weighted by Crippen LogP contribution is -2.39. The fraction of sp³-hybridized carbons (Fsp3) is 0.231. The smallest absolute Gasteiger partial charge is 0.131 e. The van der Waals surface area contributed by atoms with Gasteiger partial charge in [0.05, 0.1) is 0 Å². The summed E-state index contributed by atoms with van der Waals surface area (Å²) < 4.78 is 13.5. The van der Waals surface area contributed by atoms with Gasteiger partial charge < -0.3 is 5.32 Å². The van der Waals surface area contributed by atoms with E-state index in [4.69, 9.17) is 0 Å². The molecule has 2 aromatic rings. The summed E-state index contributed by atoms with van der Waals surface area (Å²) in [6.45, 7) is 2.02. The van der Waals surface area contributed by atoms with Crippen LogP contribution in [0.2, 0.25) is 0 Å². The van der Waals surface area contributed by atoms with Gasteiger partial charge in [0.2, 0.25) is 0 Å². The molecule has 0 aromatic heterocycles. The lowest BCUT2D eigenvalue weighted by molar-refractivity contribution is 0.450. The molecule has 1 aliphatic heterocycles. The second-order valence-corrected chi connectivity index (χ2v) is 4.04. The van der Waals surface area contributed by atoms with Crippen molar-refractivity contribution in [3.05, 3.63) is 47.8 Å². The predicted octanol–water partition coefficient (Wildman–Crippen LogP) is 2.67. The van der Waals surface area contributed by atoms with Crippen molar-refractivity contribution >= 4 is 10.8 Å². The molecular formula is C13H12FN. The molecule has 0 saturated carbocycles. The van der Waals surface area contributed by atoms with E-state index in [1.807, 2.05) is 30.3 Å². The fourth-order valence-electron chi connectivity index (χ4n) is 2.15. The molecule has 2 aromatic carbocycles. The fourth-order valence-corrected chi connectivity index (χ4v) is 2.15. The summed E-state index contributed by atoms with van der Waals surface area (Å²) in [4.78, 5) is 0. The molecule has 0 aliphatic carbocycles. The highest BCUT2D eigenvalue weighted by atomic mass is 19.1. The zero-order valence-electron chi connectivity index (χ0n) is 8.33. The summed E-state index contributed by atoms with van der Waals surface area (Å²) in [5, 5.41) is 5.04. The molecule has 15 heavy (non-hydrogen) atoms. The number of hydrogen-bond donors (Lipinski definition) is 1. The van der Waals surface area contributed by atoms with E-state index in [1.165, 1.54) is 5.56 Å². The van der Waals surface area contributed by atoms with Crippen molar-refractivity contribution in [2.45, 2.75) is 5.92 Å². The average molecular weight is 201 g/mol. The Morgan fingerprint density at radius 1 is 1.00 bits per heavy atom. The monoisotopic (exact) mass is 201 g/mol. The van der Waals surface area contributed by atoms with Crippen LogP contribution in [0.4, 0.5) is 4.39 Å². The molecule has 1 N–H and O–H groups in total. The standard InChI is InChI=1S/C13H12FN/c14-13-6-5-10(9-7-15-8-9)11-3-1-2-4-12(11)13/h1-6,9,15H,7-8H2. The van der Waals surface area contributed by atoms with E-state index in [1.54, 1.807) is 6.07 Å². The predicted molar refractivity (Wildman–Crippen MR) is 59.5 cm³/mol. The SMILES string of the molecule is Fc1ccc(C2CNC2)c2ccccc12. The first-order valence-corrected chi connectivity index (χ1v) is 5.24. The van der Waals surface area contributed by atoms with Gasteiger partial charge in [-0.2, -0.15) is 0 Å². The molecule has 0 bridgehead atoms. The molecule has 0 radical (unpaired) electrons. The van der Waals surface area contributed by atoms with Gasteiger partial charge in [-0.15, -0.1) is 0 Å². The molecule has 0 amide bonds. The Balaban J connectivity index is 2.25. The average Bonchev–Trinajstić information content (AvgIpc) is 2.20. The Labute approximate surface area is 87.9 Å². The van der Waals surface area contributed by atoms with Crippen LogP contribution in [0.1, 0.15) is 11.5 Å². The number of hydrogen-bond acceptors (Lipinski definition) is 1. The lowest BCUT2D eigenvalue weighted by Gasteiger charge is -2.28. The third kappa shape index (κ3) is 1.33. The van der Waals surface area contributed by atoms with Crippen LogP contribution in [0, 0.1) is 5.82 Å². The van der Waals surface area contributed by atoms with E-state index in [9.17, 15) is 4.39 Å². The van der Waals surface area contributed by atoms with Crippen molar-refractivity contribution in [3.8, 4) is 0 Å². The number of nitrogens with one attached hydrogen (secondary N) is 1. The van der Waals surface area contributed by atoms with Crippen LogP contribution in [0.15, 0.2) is 36.4 Å². The van der Waals surface area contributed by atoms with E-state index in [2.05, 4.69) is 5.32 Å². The second-order valence-electron chi connectivity index (χ2n) is 4.04. The first-order valence-electron chi connectivity index (χ1n) is 5.24. The molecule has 0 unspecified atom stereocenters. The van der Waals surface area contributed by atoms with Gasteiger partial charge in [0.1, 0.15) is 5.82 Å². The van der Waals surface area contributed by atoms with Crippen LogP contribution < -0.4 is 5.32 Å². The minimum Gasteiger partial charge on any atom is -0.315 e. The number of benzene rings is 2. The first kappa shape index (κ1) is 8.86. The minimum atomic E-state index is -0.123. The molecule has 1 aliphatic rings. The maximum Gasteiger partial charge on any atom is 0.131 e. The topological polar surface area (TPSA) is 12.0 Å².